The molecular formula is C49H58N6O10. The highest BCUT2D eigenvalue weighted by molar-refractivity contribution is 6.05. The molecule has 16 heteroatoms. The average Bonchev–Trinajstić information content (AvgIpc) is 3.88. The monoisotopic (exact) mass is 890 g/mol. The van der Waals surface area contributed by atoms with E-state index in [2.05, 4.69) is 38.6 Å². The highest BCUT2D eigenvalue weighted by Gasteiger charge is 2.39. The number of rotatable bonds is 20. The molecule has 4 aliphatic rings. The van der Waals surface area contributed by atoms with Crippen molar-refractivity contribution in [1.29, 1.82) is 0 Å². The van der Waals surface area contributed by atoms with Crippen LogP contribution in [0.2, 0.25) is 0 Å². The van der Waals surface area contributed by atoms with Crippen molar-refractivity contribution in [2.24, 2.45) is 0 Å². The maximum atomic E-state index is 13.9. The summed E-state index contributed by atoms with van der Waals surface area (Å²) in [4.78, 5) is 58.8. The summed E-state index contributed by atoms with van der Waals surface area (Å²) in [6, 6.07) is 22.1. The number of anilines is 1. The van der Waals surface area contributed by atoms with Gasteiger partial charge in [-0.25, -0.2) is 0 Å². The van der Waals surface area contributed by atoms with E-state index in [4.69, 9.17) is 18.9 Å². The molecule has 4 aromatic rings. The Morgan fingerprint density at radius 3 is 2.25 bits per heavy atom. The molecule has 4 heterocycles. The first-order chi connectivity index (χ1) is 31.6. The summed E-state index contributed by atoms with van der Waals surface area (Å²) in [6.07, 6.45) is 0.569. The molecule has 1 unspecified atom stereocenters. The van der Waals surface area contributed by atoms with Gasteiger partial charge in [0.1, 0.15) is 35.5 Å². The number of carbonyl (C=O) groups excluding carboxylic acids is 4. The molecule has 344 valence electrons. The van der Waals surface area contributed by atoms with E-state index in [9.17, 15) is 29.4 Å². The van der Waals surface area contributed by atoms with E-state index in [1.807, 2.05) is 42.5 Å². The highest BCUT2D eigenvalue weighted by atomic mass is 16.5. The van der Waals surface area contributed by atoms with Crippen LogP contribution in [0.3, 0.4) is 0 Å². The van der Waals surface area contributed by atoms with Gasteiger partial charge in [-0.1, -0.05) is 48.5 Å². The average molecular weight is 891 g/mol. The Hall–Kier alpha value is -6.04. The third kappa shape index (κ3) is 11.3. The first-order valence-corrected chi connectivity index (χ1v) is 22.4. The number of piperidine rings is 1. The van der Waals surface area contributed by atoms with E-state index in [1.165, 1.54) is 11.6 Å². The first kappa shape index (κ1) is 45.5. The number of fused-ring (bicyclic) bond motifs is 2. The normalized spacial score (nSPS) is 17.6. The highest BCUT2D eigenvalue weighted by Crippen LogP contribution is 2.40. The summed E-state index contributed by atoms with van der Waals surface area (Å²) in [7, 11) is 0. The smallest absolute Gasteiger partial charge is 0.262 e. The van der Waals surface area contributed by atoms with E-state index in [1.54, 1.807) is 22.8 Å². The van der Waals surface area contributed by atoms with Crippen molar-refractivity contribution in [2.75, 3.05) is 84.2 Å². The van der Waals surface area contributed by atoms with Crippen molar-refractivity contribution in [3.63, 3.8) is 0 Å². The number of nitrogens with zero attached hydrogens (tertiary/aromatic N) is 4. The van der Waals surface area contributed by atoms with Crippen molar-refractivity contribution in [3.8, 4) is 17.2 Å². The molecule has 8 rings (SSSR count). The van der Waals surface area contributed by atoms with E-state index in [0.717, 1.165) is 67.2 Å². The van der Waals surface area contributed by atoms with Gasteiger partial charge >= 0.3 is 0 Å². The molecular weight excluding hydrogens is 833 g/mol. The van der Waals surface area contributed by atoms with Gasteiger partial charge < -0.3 is 44.3 Å². The lowest BCUT2D eigenvalue weighted by atomic mass is 10.0. The molecule has 4 aliphatic heterocycles. The van der Waals surface area contributed by atoms with Crippen LogP contribution >= 0.6 is 0 Å². The predicted molar refractivity (Wildman–Crippen MR) is 240 cm³/mol. The van der Waals surface area contributed by atoms with Crippen molar-refractivity contribution >= 4 is 29.3 Å². The molecule has 0 radical (unpaired) electrons. The number of phenolic OH excluding ortho intramolecular Hbond substituents is 2. The SMILES string of the molecule is Cc1c(O)cc(O)c(C(=O)N2Cc3ccc(CN4CCN(CCOCCOCCOCCNc5ccc6c(c5)CN(C5CCC(=O)NC5=O)C6=O)CC4)cc3C2)c1OCc1ccccc1. The van der Waals surface area contributed by atoms with Crippen molar-refractivity contribution < 1.29 is 48.3 Å². The molecule has 0 aromatic heterocycles. The molecule has 16 nitrogen and oxygen atoms in total. The van der Waals surface area contributed by atoms with Gasteiger partial charge in [0.2, 0.25) is 11.8 Å². The molecule has 65 heavy (non-hydrogen) atoms. The summed E-state index contributed by atoms with van der Waals surface area (Å²) in [6.45, 7) is 12.2. The number of imide groups is 1. The second-order valence-electron chi connectivity index (χ2n) is 16.9. The molecule has 2 fully saturated rings. The predicted octanol–water partition coefficient (Wildman–Crippen LogP) is 4.18. The molecule has 4 aromatic carbocycles. The zero-order chi connectivity index (χ0) is 45.3. The van der Waals surface area contributed by atoms with Crippen LogP contribution in [0.1, 0.15) is 66.9 Å². The van der Waals surface area contributed by atoms with Gasteiger partial charge in [0.15, 0.2) is 0 Å². The fourth-order valence-corrected chi connectivity index (χ4v) is 8.81. The number of amides is 4. The lowest BCUT2D eigenvalue weighted by Gasteiger charge is -2.34. The van der Waals surface area contributed by atoms with Crippen molar-refractivity contribution in [1.82, 2.24) is 24.9 Å². The van der Waals surface area contributed by atoms with Crippen LogP contribution in [0.4, 0.5) is 5.69 Å². The Morgan fingerprint density at radius 1 is 0.754 bits per heavy atom. The Balaban J connectivity index is 0.667. The van der Waals surface area contributed by atoms with Crippen LogP contribution in [-0.4, -0.2) is 138 Å². The number of aromatic hydroxyl groups is 2. The van der Waals surface area contributed by atoms with Crippen LogP contribution < -0.4 is 15.4 Å². The minimum atomic E-state index is -0.627. The number of nitrogens with one attached hydrogen (secondary N) is 2. The molecule has 0 aliphatic carbocycles. The molecule has 2 saturated heterocycles. The second kappa shape index (κ2) is 21.3. The molecule has 4 N–H and O–H groups in total. The summed E-state index contributed by atoms with van der Waals surface area (Å²) < 4.78 is 23.3. The topological polar surface area (TPSA) is 183 Å². The second-order valence-corrected chi connectivity index (χ2v) is 16.9. The van der Waals surface area contributed by atoms with Gasteiger partial charge in [-0.15, -0.1) is 0 Å². The largest absolute Gasteiger partial charge is 0.507 e. The summed E-state index contributed by atoms with van der Waals surface area (Å²) in [5.41, 5.74) is 7.04. The lowest BCUT2D eigenvalue weighted by molar-refractivity contribution is -0.136. The van der Waals surface area contributed by atoms with Gasteiger partial charge in [0, 0.05) is 94.7 Å². The van der Waals surface area contributed by atoms with E-state index in [0.29, 0.717) is 83.4 Å². The summed E-state index contributed by atoms with van der Waals surface area (Å²) in [5, 5.41) is 27.0. The van der Waals surface area contributed by atoms with Gasteiger partial charge in [0.05, 0.1) is 39.6 Å². The van der Waals surface area contributed by atoms with Crippen LogP contribution in [-0.2, 0) is 56.6 Å². The van der Waals surface area contributed by atoms with Gasteiger partial charge in [-0.3, -0.25) is 34.3 Å². The van der Waals surface area contributed by atoms with Crippen molar-refractivity contribution in [2.45, 2.75) is 58.6 Å². The quantitative estimate of drug-likeness (QED) is 0.0734. The zero-order valence-electron chi connectivity index (χ0n) is 36.9. The third-order valence-electron chi connectivity index (χ3n) is 12.5. The van der Waals surface area contributed by atoms with Gasteiger partial charge in [0.25, 0.3) is 11.8 Å². The Morgan fingerprint density at radius 2 is 1.48 bits per heavy atom. The number of carbonyl (C=O) groups is 4. The standard InChI is InChI=1S/C49H58N6O10/c1-33-42(56)27-43(57)45(46(33)65-32-34-5-3-2-4-6-34)49(61)54-29-36-8-7-35(25-37(36)30-54)28-53-16-14-52(15-17-53)18-20-63-22-24-64-23-21-62-19-13-50-39-9-10-40-38(26-39)31-55(48(40)60)41-11-12-44(58)51-47(41)59/h2-10,25-27,41,50,56-57H,11-24,28-32H2,1H3,(H,51,58,59). The number of benzene rings is 4. The fourth-order valence-electron chi connectivity index (χ4n) is 8.81. The summed E-state index contributed by atoms with van der Waals surface area (Å²) in [5.74, 6) is -1.49. The minimum Gasteiger partial charge on any atom is -0.507 e. The Labute approximate surface area is 379 Å². The zero-order valence-corrected chi connectivity index (χ0v) is 36.9. The number of hydrogen-bond acceptors (Lipinski definition) is 13. The molecule has 0 spiro atoms. The lowest BCUT2D eigenvalue weighted by Crippen LogP contribution is -2.52. The molecule has 4 amide bonds. The molecule has 0 bridgehead atoms. The first-order valence-electron chi connectivity index (χ1n) is 22.4. The van der Waals surface area contributed by atoms with E-state index in [-0.39, 0.29) is 53.6 Å². The van der Waals surface area contributed by atoms with Crippen LogP contribution in [0, 0.1) is 6.92 Å². The summed E-state index contributed by atoms with van der Waals surface area (Å²) >= 11 is 0. The number of phenols is 2. The maximum absolute atomic E-state index is 13.9. The van der Waals surface area contributed by atoms with Crippen molar-refractivity contribution in [3.05, 3.63) is 117 Å². The third-order valence-corrected chi connectivity index (χ3v) is 12.5. The Kier molecular flexibility index (Phi) is 14.9. The number of ether oxygens (including phenoxy) is 4. The maximum Gasteiger partial charge on any atom is 0.262 e. The van der Waals surface area contributed by atoms with Crippen LogP contribution in [0.5, 0.6) is 17.2 Å². The molecule has 1 atom stereocenters. The van der Waals surface area contributed by atoms with Crippen LogP contribution in [0.25, 0.3) is 0 Å². The number of piperazine rings is 1. The van der Waals surface area contributed by atoms with E-state index < -0.39 is 11.9 Å². The van der Waals surface area contributed by atoms with E-state index >= 15 is 0 Å². The molecule has 0 saturated carbocycles. The van der Waals surface area contributed by atoms with Gasteiger partial charge in [-0.05, 0) is 59.4 Å². The van der Waals surface area contributed by atoms with Gasteiger partial charge in [-0.2, -0.15) is 0 Å². The minimum absolute atomic E-state index is 0.0592. The Bertz CT molecular complexity index is 2350. The van der Waals surface area contributed by atoms with Crippen LogP contribution in [0.15, 0.2) is 72.8 Å². The fraction of sp³-hybridized carbons (Fsp3) is 0.429. The number of hydrogen-bond donors (Lipinski definition) is 4.